The number of nitrogens with zero attached hydrogens (tertiary/aromatic N) is 4. The van der Waals surface area contributed by atoms with Gasteiger partial charge in [0, 0.05) is 11.7 Å². The van der Waals surface area contributed by atoms with Crippen molar-refractivity contribution in [1.29, 1.82) is 0 Å². The average Bonchev–Trinajstić information content (AvgIpc) is 3.62. The number of hydrogen-bond donors (Lipinski definition) is 1. The van der Waals surface area contributed by atoms with Gasteiger partial charge < -0.3 is 10.1 Å². The SMILES string of the molecule is COC(=O)c1ccc(N(C(=O)Cn2nnc3ccccc32)[C@H](C(=O)NC2CCCC2)c2ccccc2C)cc1. The Labute approximate surface area is 226 Å². The zero-order chi connectivity index (χ0) is 27.4. The number of aromatic nitrogens is 3. The van der Waals surface area contributed by atoms with Crippen LogP contribution < -0.4 is 10.2 Å². The summed E-state index contributed by atoms with van der Waals surface area (Å²) in [6.07, 6.45) is 3.96. The number of aryl methyl sites for hydroxylation is 1. The van der Waals surface area contributed by atoms with Gasteiger partial charge in [0.05, 0.1) is 18.2 Å². The molecule has 1 N–H and O–H groups in total. The van der Waals surface area contributed by atoms with Gasteiger partial charge in [0.1, 0.15) is 18.1 Å². The molecule has 0 unspecified atom stereocenters. The number of ether oxygens (including phenoxy) is 1. The Morgan fingerprint density at radius 1 is 1.00 bits per heavy atom. The zero-order valence-corrected chi connectivity index (χ0v) is 22.0. The van der Waals surface area contributed by atoms with Gasteiger partial charge in [0.2, 0.25) is 11.8 Å². The number of amides is 2. The van der Waals surface area contributed by atoms with Crippen LogP contribution in [-0.4, -0.2) is 45.9 Å². The van der Waals surface area contributed by atoms with Crippen LogP contribution in [0.5, 0.6) is 0 Å². The summed E-state index contributed by atoms with van der Waals surface area (Å²) in [6.45, 7) is 1.80. The molecule has 1 atom stereocenters. The first-order chi connectivity index (χ1) is 19.0. The Morgan fingerprint density at radius 3 is 2.41 bits per heavy atom. The molecule has 0 saturated heterocycles. The normalized spacial score (nSPS) is 14.2. The summed E-state index contributed by atoms with van der Waals surface area (Å²) in [5.41, 5.74) is 3.83. The van der Waals surface area contributed by atoms with Crippen LogP contribution >= 0.6 is 0 Å². The van der Waals surface area contributed by atoms with Crippen molar-refractivity contribution >= 4 is 34.5 Å². The van der Waals surface area contributed by atoms with E-state index in [1.807, 2.05) is 55.5 Å². The molecule has 0 spiro atoms. The van der Waals surface area contributed by atoms with Crippen LogP contribution in [-0.2, 0) is 20.9 Å². The molecule has 5 rings (SSSR count). The second-order valence-electron chi connectivity index (χ2n) is 9.79. The first-order valence-corrected chi connectivity index (χ1v) is 13.1. The van der Waals surface area contributed by atoms with E-state index in [2.05, 4.69) is 15.6 Å². The summed E-state index contributed by atoms with van der Waals surface area (Å²) in [4.78, 5) is 41.7. The number of carbonyl (C=O) groups is 3. The summed E-state index contributed by atoms with van der Waals surface area (Å²) in [7, 11) is 1.32. The number of hydrogen-bond acceptors (Lipinski definition) is 6. The number of methoxy groups -OCH3 is 1. The molecule has 1 aliphatic carbocycles. The number of carbonyl (C=O) groups excluding carboxylic acids is 3. The predicted octanol–water partition coefficient (Wildman–Crippen LogP) is 4.36. The minimum atomic E-state index is -0.932. The van der Waals surface area contributed by atoms with Crippen molar-refractivity contribution in [3.8, 4) is 0 Å². The number of nitrogens with one attached hydrogen (secondary N) is 1. The molecule has 4 aromatic rings. The van der Waals surface area contributed by atoms with Gasteiger partial charge in [0.15, 0.2) is 0 Å². The number of esters is 1. The molecule has 0 bridgehead atoms. The molecule has 2 amide bonds. The van der Waals surface area contributed by atoms with Crippen LogP contribution in [0.2, 0.25) is 0 Å². The number of para-hydroxylation sites is 1. The predicted molar refractivity (Wildman–Crippen MR) is 147 cm³/mol. The molecule has 1 saturated carbocycles. The topological polar surface area (TPSA) is 106 Å². The van der Waals surface area contributed by atoms with E-state index in [1.165, 1.54) is 16.7 Å². The molecule has 1 heterocycles. The summed E-state index contributed by atoms with van der Waals surface area (Å²) < 4.78 is 6.38. The van der Waals surface area contributed by atoms with Crippen LogP contribution in [0.4, 0.5) is 5.69 Å². The van der Waals surface area contributed by atoms with E-state index in [-0.39, 0.29) is 24.4 Å². The molecule has 200 valence electrons. The van der Waals surface area contributed by atoms with E-state index < -0.39 is 12.0 Å². The van der Waals surface area contributed by atoms with Crippen molar-refractivity contribution in [3.63, 3.8) is 0 Å². The van der Waals surface area contributed by atoms with Crippen LogP contribution in [0.15, 0.2) is 72.8 Å². The summed E-state index contributed by atoms with van der Waals surface area (Å²) in [5.74, 6) is -1.07. The highest BCUT2D eigenvalue weighted by Crippen LogP contribution is 2.32. The van der Waals surface area contributed by atoms with E-state index in [4.69, 9.17) is 4.74 Å². The second-order valence-corrected chi connectivity index (χ2v) is 9.79. The number of benzene rings is 3. The van der Waals surface area contributed by atoms with Gasteiger partial charge in [-0.3, -0.25) is 14.5 Å². The minimum Gasteiger partial charge on any atom is -0.465 e. The fourth-order valence-corrected chi connectivity index (χ4v) is 5.19. The van der Waals surface area contributed by atoms with Crippen molar-refractivity contribution in [3.05, 3.63) is 89.5 Å². The van der Waals surface area contributed by atoms with Crippen molar-refractivity contribution in [2.24, 2.45) is 0 Å². The number of rotatable bonds is 8. The van der Waals surface area contributed by atoms with E-state index in [1.54, 1.807) is 24.3 Å². The lowest BCUT2D eigenvalue weighted by Gasteiger charge is -2.33. The van der Waals surface area contributed by atoms with Crippen molar-refractivity contribution < 1.29 is 19.1 Å². The van der Waals surface area contributed by atoms with Gasteiger partial charge in [-0.25, -0.2) is 9.48 Å². The average molecular weight is 526 g/mol. The molecule has 39 heavy (non-hydrogen) atoms. The van der Waals surface area contributed by atoms with Gasteiger partial charge in [-0.1, -0.05) is 54.5 Å². The third-order valence-electron chi connectivity index (χ3n) is 7.23. The minimum absolute atomic E-state index is 0.0712. The van der Waals surface area contributed by atoms with Crippen molar-refractivity contribution in [2.45, 2.75) is 51.2 Å². The molecule has 9 heteroatoms. The van der Waals surface area contributed by atoms with E-state index >= 15 is 0 Å². The summed E-state index contributed by atoms with van der Waals surface area (Å²) in [6, 6.07) is 20.6. The van der Waals surface area contributed by atoms with Gasteiger partial charge in [0.25, 0.3) is 0 Å². The van der Waals surface area contributed by atoms with E-state index in [9.17, 15) is 14.4 Å². The van der Waals surface area contributed by atoms with Crippen molar-refractivity contribution in [1.82, 2.24) is 20.3 Å². The van der Waals surface area contributed by atoms with Crippen LogP contribution in [0.1, 0.15) is 53.2 Å². The van der Waals surface area contributed by atoms with Gasteiger partial charge >= 0.3 is 5.97 Å². The highest BCUT2D eigenvalue weighted by Gasteiger charge is 2.35. The highest BCUT2D eigenvalue weighted by molar-refractivity contribution is 6.02. The third kappa shape index (κ3) is 5.52. The molecule has 9 nitrogen and oxygen atoms in total. The Kier molecular flexibility index (Phi) is 7.67. The maximum atomic E-state index is 14.2. The fraction of sp³-hybridized carbons (Fsp3) is 0.300. The lowest BCUT2D eigenvalue weighted by atomic mass is 9.97. The highest BCUT2D eigenvalue weighted by atomic mass is 16.5. The molecule has 3 aromatic carbocycles. The Balaban J connectivity index is 1.59. The first kappa shape index (κ1) is 26.1. The monoisotopic (exact) mass is 525 g/mol. The fourth-order valence-electron chi connectivity index (χ4n) is 5.19. The summed E-state index contributed by atoms with van der Waals surface area (Å²) in [5, 5.41) is 11.6. The lowest BCUT2D eigenvalue weighted by Crippen LogP contribution is -2.47. The molecular weight excluding hydrogens is 494 g/mol. The Morgan fingerprint density at radius 2 is 1.69 bits per heavy atom. The van der Waals surface area contributed by atoms with Crippen LogP contribution in [0, 0.1) is 6.92 Å². The molecule has 0 radical (unpaired) electrons. The standard InChI is InChI=1S/C30H31N5O4/c1-20-9-3-6-12-24(20)28(29(37)31-22-10-4-5-11-22)35(23-17-15-21(16-18-23)30(38)39-2)27(36)19-34-26-14-8-7-13-25(26)32-33-34/h3,6-9,12-18,22,28H,4-5,10-11,19H2,1-2H3,(H,31,37)/t28-/m0/s1. The van der Waals surface area contributed by atoms with E-state index in [0.717, 1.165) is 42.3 Å². The Hall–Kier alpha value is -4.53. The lowest BCUT2D eigenvalue weighted by molar-refractivity contribution is -0.127. The summed E-state index contributed by atoms with van der Waals surface area (Å²) >= 11 is 0. The molecule has 0 aliphatic heterocycles. The molecule has 1 fully saturated rings. The van der Waals surface area contributed by atoms with Crippen LogP contribution in [0.25, 0.3) is 11.0 Å². The number of anilines is 1. The molecular formula is C30H31N5O4. The molecule has 1 aliphatic rings. The maximum Gasteiger partial charge on any atom is 0.337 e. The maximum absolute atomic E-state index is 14.2. The first-order valence-electron chi connectivity index (χ1n) is 13.1. The second kappa shape index (κ2) is 11.5. The van der Waals surface area contributed by atoms with Gasteiger partial charge in [-0.05, 0) is 67.3 Å². The zero-order valence-electron chi connectivity index (χ0n) is 22.0. The third-order valence-corrected chi connectivity index (χ3v) is 7.23. The number of fused-ring (bicyclic) bond motifs is 1. The quantitative estimate of drug-likeness (QED) is 0.343. The van der Waals surface area contributed by atoms with Crippen LogP contribution in [0.3, 0.4) is 0 Å². The van der Waals surface area contributed by atoms with Gasteiger partial charge in [-0.2, -0.15) is 0 Å². The molecule has 1 aromatic heterocycles. The van der Waals surface area contributed by atoms with E-state index in [0.29, 0.717) is 16.8 Å². The van der Waals surface area contributed by atoms with Crippen molar-refractivity contribution in [2.75, 3.05) is 12.0 Å². The Bertz CT molecular complexity index is 1490. The largest absolute Gasteiger partial charge is 0.465 e. The smallest absolute Gasteiger partial charge is 0.337 e. The van der Waals surface area contributed by atoms with Gasteiger partial charge in [-0.15, -0.1) is 5.10 Å².